The molecule has 6 aromatic rings. The molecule has 0 amide bonds. The van der Waals surface area contributed by atoms with E-state index in [1.165, 1.54) is 60.5 Å². The second-order valence-corrected chi connectivity index (χ2v) is 15.3. The molecule has 6 aromatic carbocycles. The number of aryl methyl sites for hydroxylation is 2. The molecule has 0 saturated heterocycles. The summed E-state index contributed by atoms with van der Waals surface area (Å²) in [4.78, 5) is 0. The molecule has 0 nitrogen and oxygen atoms in total. The fourth-order valence-corrected chi connectivity index (χ4v) is 11.9. The van der Waals surface area contributed by atoms with Gasteiger partial charge in [-0.2, -0.15) is 0 Å². The summed E-state index contributed by atoms with van der Waals surface area (Å²) in [5.74, 6) is 0. The fourth-order valence-electron chi connectivity index (χ4n) is 7.13. The quantitative estimate of drug-likeness (QED) is 0.244. The van der Waals surface area contributed by atoms with Crippen LogP contribution in [0, 0.1) is 13.8 Å². The van der Waals surface area contributed by atoms with Crippen molar-refractivity contribution in [1.82, 2.24) is 0 Å². The van der Waals surface area contributed by atoms with E-state index in [1.807, 2.05) is 0 Å². The van der Waals surface area contributed by atoms with Gasteiger partial charge in [0, 0.05) is 0 Å². The van der Waals surface area contributed by atoms with Crippen LogP contribution in [-0.4, -0.2) is 0 Å². The van der Waals surface area contributed by atoms with Crippen molar-refractivity contribution in [3.63, 3.8) is 0 Å². The first-order valence-corrected chi connectivity index (χ1v) is 17.1. The molecule has 2 aliphatic carbocycles. The van der Waals surface area contributed by atoms with Crippen molar-refractivity contribution >= 4 is 27.6 Å². The van der Waals surface area contributed by atoms with Crippen LogP contribution in [0.15, 0.2) is 115 Å². The van der Waals surface area contributed by atoms with Crippen molar-refractivity contribution in [2.75, 3.05) is 0 Å². The van der Waals surface area contributed by atoms with Gasteiger partial charge < -0.3 is 24.8 Å². The van der Waals surface area contributed by atoms with E-state index >= 15 is 0 Å². The number of allylic oxidation sites excluding steroid dienone is 1. The number of hydrogen-bond acceptors (Lipinski definition) is 0. The monoisotopic (exact) mass is 658 g/mol. The predicted octanol–water partition coefficient (Wildman–Crippen LogP) is 4.60. The van der Waals surface area contributed by atoms with E-state index in [0.29, 0.717) is 7.25 Å². The van der Waals surface area contributed by atoms with Gasteiger partial charge in [-0.15, -0.1) is 0 Å². The zero-order valence-electron chi connectivity index (χ0n) is 23.9. The topological polar surface area (TPSA) is 0 Å². The summed E-state index contributed by atoms with van der Waals surface area (Å²) in [6.45, 7) is 6.87. The third kappa shape index (κ3) is 4.53. The summed E-state index contributed by atoms with van der Waals surface area (Å²) in [5.41, 5.74) is 16.1. The molecule has 0 aliphatic heterocycles. The predicted molar refractivity (Wildman–Crippen MR) is 166 cm³/mol. The van der Waals surface area contributed by atoms with Crippen LogP contribution in [-0.2, 0) is 23.2 Å². The summed E-state index contributed by atoms with van der Waals surface area (Å²) < 4.78 is 1.16. The SMILES string of the molecule is CC1=Cc2c(-c3cc4ccccc4c4ccccc34)cccc2[CH]1[Zr+2][CH]1c2cc(C)ccc2-c2ccc(C)cc21.[Cl-].[Cl-]. The summed E-state index contributed by atoms with van der Waals surface area (Å²) in [7, 11) is 0. The largest absolute Gasteiger partial charge is 1.00 e. The Morgan fingerprint density at radius 3 is 1.79 bits per heavy atom. The van der Waals surface area contributed by atoms with E-state index in [4.69, 9.17) is 0 Å². The van der Waals surface area contributed by atoms with Crippen LogP contribution in [0.5, 0.6) is 0 Å². The minimum absolute atomic E-state index is 0. The van der Waals surface area contributed by atoms with Crippen LogP contribution >= 0.6 is 0 Å². The van der Waals surface area contributed by atoms with Gasteiger partial charge in [-0.1, -0.05) is 0 Å². The van der Waals surface area contributed by atoms with Crippen molar-refractivity contribution in [2.24, 2.45) is 0 Å². The maximum Gasteiger partial charge on any atom is -1.00 e. The van der Waals surface area contributed by atoms with Crippen LogP contribution in [0.2, 0.25) is 0 Å². The first-order valence-electron chi connectivity index (χ1n) is 14.3. The molecule has 1 unspecified atom stereocenters. The van der Waals surface area contributed by atoms with Gasteiger partial charge in [0.2, 0.25) is 0 Å². The third-order valence-corrected chi connectivity index (χ3v) is 14.0. The van der Waals surface area contributed by atoms with Gasteiger partial charge in [0.15, 0.2) is 0 Å². The fraction of sp³-hybridized carbons (Fsp3) is 0.128. The first-order chi connectivity index (χ1) is 19.6. The van der Waals surface area contributed by atoms with E-state index in [0.717, 1.165) is 0 Å². The standard InChI is InChI=1S/C24H17.C15H13.2ClH.Zr/c1-16-13-17-8-6-12-22(23(17)14-16)24-15-18-7-2-3-9-19(18)20-10-4-5-11-21(20)24;1-10-3-5-14-12(7-10)9-13-8-11(2)4-6-15(13)14;;;/h2-15H,1H3;3-9H,1-2H3;2*1H;/q;;;;+2/p-2. The Morgan fingerprint density at radius 2 is 1.10 bits per heavy atom. The van der Waals surface area contributed by atoms with Gasteiger partial charge in [0.05, 0.1) is 0 Å². The molecule has 42 heavy (non-hydrogen) atoms. The van der Waals surface area contributed by atoms with Crippen LogP contribution in [0.3, 0.4) is 0 Å². The van der Waals surface area contributed by atoms with Crippen LogP contribution in [0.25, 0.3) is 49.9 Å². The molecule has 2 aliphatic rings. The molecular formula is C39H30Cl2Zr. The Morgan fingerprint density at radius 1 is 0.476 bits per heavy atom. The van der Waals surface area contributed by atoms with Crippen LogP contribution in [0.4, 0.5) is 0 Å². The molecule has 0 aromatic heterocycles. The molecule has 0 N–H and O–H groups in total. The maximum absolute atomic E-state index is 2.52. The van der Waals surface area contributed by atoms with Gasteiger partial charge in [0.1, 0.15) is 0 Å². The third-order valence-electron chi connectivity index (χ3n) is 9.00. The zero-order valence-corrected chi connectivity index (χ0v) is 27.9. The van der Waals surface area contributed by atoms with Crippen LogP contribution in [0.1, 0.15) is 47.6 Å². The zero-order chi connectivity index (χ0) is 27.0. The van der Waals surface area contributed by atoms with Crippen molar-refractivity contribution in [2.45, 2.75) is 28.0 Å². The van der Waals surface area contributed by atoms with E-state index < -0.39 is 23.2 Å². The molecule has 0 saturated carbocycles. The van der Waals surface area contributed by atoms with E-state index in [2.05, 4.69) is 136 Å². The van der Waals surface area contributed by atoms with Gasteiger partial charge in [0.25, 0.3) is 0 Å². The number of fused-ring (bicyclic) bond motifs is 7. The molecule has 0 radical (unpaired) electrons. The van der Waals surface area contributed by atoms with E-state index in [9.17, 15) is 0 Å². The second kappa shape index (κ2) is 11.3. The van der Waals surface area contributed by atoms with Crippen molar-refractivity contribution < 1.29 is 48.0 Å². The molecule has 1 atom stereocenters. The average molecular weight is 661 g/mol. The van der Waals surface area contributed by atoms with Gasteiger partial charge in [-0.25, -0.2) is 0 Å². The average Bonchev–Trinajstić information content (AvgIpc) is 3.45. The molecule has 0 heterocycles. The summed E-state index contributed by atoms with van der Waals surface area (Å²) in [6.07, 6.45) is 2.52. The molecule has 204 valence electrons. The molecule has 0 bridgehead atoms. The van der Waals surface area contributed by atoms with Gasteiger partial charge >= 0.3 is 249 Å². The van der Waals surface area contributed by atoms with Gasteiger partial charge in [-0.05, 0) is 0 Å². The first kappa shape index (κ1) is 29.1. The van der Waals surface area contributed by atoms with E-state index in [1.54, 1.807) is 22.3 Å². The minimum Gasteiger partial charge on any atom is -1.00 e. The normalized spacial score (nSPS) is 14.8. The number of benzene rings is 6. The molecular weight excluding hydrogens is 631 g/mol. The summed E-state index contributed by atoms with van der Waals surface area (Å²) >= 11 is -0.957. The Hall–Kier alpha value is -2.96. The minimum atomic E-state index is -0.957. The maximum atomic E-state index is 2.52. The smallest absolute Gasteiger partial charge is 1.00 e. The summed E-state index contributed by atoms with van der Waals surface area (Å²) in [5, 5.41) is 5.32. The van der Waals surface area contributed by atoms with Crippen LogP contribution < -0.4 is 24.8 Å². The summed E-state index contributed by atoms with van der Waals surface area (Å²) in [6, 6.07) is 41.5. The second-order valence-electron chi connectivity index (χ2n) is 11.6. The van der Waals surface area contributed by atoms with Gasteiger partial charge in [-0.3, -0.25) is 0 Å². The van der Waals surface area contributed by atoms with Crippen molar-refractivity contribution in [3.05, 3.63) is 148 Å². The number of halogens is 2. The molecule has 3 heteroatoms. The number of rotatable bonds is 3. The van der Waals surface area contributed by atoms with E-state index in [-0.39, 0.29) is 24.8 Å². The Balaban J connectivity index is 0.00000158. The number of hydrogen-bond donors (Lipinski definition) is 0. The van der Waals surface area contributed by atoms with Crippen molar-refractivity contribution in [3.8, 4) is 22.3 Å². The molecule has 0 spiro atoms. The Bertz CT molecular complexity index is 1990. The molecule has 8 rings (SSSR count). The van der Waals surface area contributed by atoms with Crippen molar-refractivity contribution in [1.29, 1.82) is 0 Å². The molecule has 0 fully saturated rings. The Kier molecular flexibility index (Phi) is 7.82. The Labute approximate surface area is 272 Å².